The molecule has 123 valence electrons. The van der Waals surface area contributed by atoms with Crippen LogP contribution in [0.5, 0.6) is 0 Å². The van der Waals surface area contributed by atoms with Crippen LogP contribution in [0.2, 0.25) is 0 Å². The first-order valence-electron chi connectivity index (χ1n) is 7.22. The van der Waals surface area contributed by atoms with Gasteiger partial charge in [0.25, 0.3) is 0 Å². The van der Waals surface area contributed by atoms with Crippen molar-refractivity contribution in [2.75, 3.05) is 0 Å². The number of nitrogens with one attached hydrogen (secondary N) is 5. The molecule has 0 bridgehead atoms. The summed E-state index contributed by atoms with van der Waals surface area (Å²) in [4.78, 5) is 36.6. The lowest BCUT2D eigenvalue weighted by Gasteiger charge is -1.99. The molecule has 0 saturated heterocycles. The summed E-state index contributed by atoms with van der Waals surface area (Å²) in [6.07, 6.45) is 4.89. The van der Waals surface area contributed by atoms with Crippen LogP contribution in [-0.2, 0) is 4.79 Å². The maximum Gasteiger partial charge on any atom is 0.305 e. The number of nitrogens with zero attached hydrogens (tertiary/aromatic N) is 3. The van der Waals surface area contributed by atoms with Gasteiger partial charge in [-0.2, -0.15) is 5.10 Å². The largest absolute Gasteiger partial charge is 0.337 e. The van der Waals surface area contributed by atoms with Crippen molar-refractivity contribution >= 4 is 23.4 Å². The number of hydrogen-bond donors (Lipinski definition) is 5. The molecule has 4 rings (SSSR count). The minimum absolute atomic E-state index is 0.0180. The molecule has 10 nitrogen and oxygen atoms in total. The van der Waals surface area contributed by atoms with Crippen LogP contribution in [0.25, 0.3) is 33.8 Å². The highest BCUT2D eigenvalue weighted by Crippen LogP contribution is 2.27. The van der Waals surface area contributed by atoms with E-state index < -0.39 is 5.91 Å². The number of hydrazine groups is 1. The number of rotatable bonds is 5. The van der Waals surface area contributed by atoms with E-state index in [1.165, 1.54) is 0 Å². The summed E-state index contributed by atoms with van der Waals surface area (Å²) < 4.78 is 0. The second-order valence-electron chi connectivity index (χ2n) is 5.02. The molecule has 5 N–H and O–H groups in total. The van der Waals surface area contributed by atoms with Crippen molar-refractivity contribution in [3.63, 3.8) is 0 Å². The highest BCUT2D eigenvalue weighted by molar-refractivity contribution is 5.95. The highest BCUT2D eigenvalue weighted by atomic mass is 16.2. The number of aromatic nitrogens is 6. The normalized spacial score (nSPS) is 10.7. The third kappa shape index (κ3) is 2.61. The Balaban J connectivity index is 1.73. The van der Waals surface area contributed by atoms with Crippen LogP contribution in [0.3, 0.4) is 0 Å². The molecule has 0 spiro atoms. The molecule has 0 aliphatic rings. The first kappa shape index (κ1) is 14.6. The number of amides is 2. The molecule has 0 atom stereocenters. The van der Waals surface area contributed by atoms with Gasteiger partial charge in [-0.1, -0.05) is 12.1 Å². The van der Waals surface area contributed by atoms with Crippen molar-refractivity contribution in [3.05, 3.63) is 42.5 Å². The van der Waals surface area contributed by atoms with Crippen molar-refractivity contribution in [3.8, 4) is 22.8 Å². The number of para-hydroxylation sites is 1. The summed E-state index contributed by atoms with van der Waals surface area (Å²) in [6.45, 7) is 0. The fourth-order valence-electron chi connectivity index (χ4n) is 2.41. The molecule has 0 aliphatic carbocycles. The molecule has 3 aromatic heterocycles. The number of carbonyl (C=O) groups is 2. The summed E-state index contributed by atoms with van der Waals surface area (Å²) in [6, 6.07) is 7.37. The molecule has 0 unspecified atom stereocenters. The monoisotopic (exact) mass is 335 g/mol. The Labute approximate surface area is 140 Å². The topological polar surface area (TPSA) is 144 Å². The highest BCUT2D eigenvalue weighted by Gasteiger charge is 2.16. The van der Waals surface area contributed by atoms with Gasteiger partial charge in [-0.05, 0) is 12.1 Å². The number of imidazole rings is 2. The third-order valence-corrected chi connectivity index (χ3v) is 3.49. The second kappa shape index (κ2) is 5.92. The van der Waals surface area contributed by atoms with Crippen LogP contribution < -0.4 is 10.9 Å². The third-order valence-electron chi connectivity index (χ3n) is 3.49. The van der Waals surface area contributed by atoms with Crippen molar-refractivity contribution in [1.29, 1.82) is 0 Å². The minimum atomic E-state index is -0.582. The molecule has 0 aliphatic heterocycles. The number of carbonyl (C=O) groups excluding carboxylic acids is 2. The molecular formula is C15H11N8O2. The number of aromatic amines is 3. The summed E-state index contributed by atoms with van der Waals surface area (Å²) in [5, 5.41) is 6.85. The van der Waals surface area contributed by atoms with Gasteiger partial charge in [-0.25, -0.2) is 9.97 Å². The Bertz CT molecular complexity index is 1050. The quantitative estimate of drug-likeness (QED) is 0.267. The maximum atomic E-state index is 11.8. The van der Waals surface area contributed by atoms with Gasteiger partial charge >= 0.3 is 5.91 Å². The van der Waals surface area contributed by atoms with Gasteiger partial charge in [0.2, 0.25) is 6.41 Å². The zero-order valence-electron chi connectivity index (χ0n) is 12.6. The summed E-state index contributed by atoms with van der Waals surface area (Å²) in [7, 11) is 0. The lowest BCUT2D eigenvalue weighted by atomic mass is 10.1. The van der Waals surface area contributed by atoms with Crippen molar-refractivity contribution in [2.24, 2.45) is 0 Å². The van der Waals surface area contributed by atoms with E-state index >= 15 is 0 Å². The van der Waals surface area contributed by atoms with Crippen LogP contribution in [0.15, 0.2) is 30.5 Å². The molecule has 4 aromatic rings. The molecule has 1 radical (unpaired) electrons. The first-order valence-corrected chi connectivity index (χ1v) is 7.22. The van der Waals surface area contributed by atoms with Gasteiger partial charge in [0.15, 0.2) is 11.6 Å². The van der Waals surface area contributed by atoms with Crippen LogP contribution >= 0.6 is 0 Å². The lowest BCUT2D eigenvalue weighted by molar-refractivity contribution is -0.110. The fraction of sp³-hybridized carbons (Fsp3) is 0. The molecule has 10 heteroatoms. The van der Waals surface area contributed by atoms with E-state index in [1.807, 2.05) is 18.2 Å². The first-order chi connectivity index (χ1) is 12.3. The van der Waals surface area contributed by atoms with Gasteiger partial charge in [-0.15, -0.1) is 0 Å². The van der Waals surface area contributed by atoms with Gasteiger partial charge in [0, 0.05) is 11.8 Å². The molecule has 0 saturated carbocycles. The van der Waals surface area contributed by atoms with E-state index in [0.717, 1.165) is 5.52 Å². The van der Waals surface area contributed by atoms with E-state index in [0.29, 0.717) is 34.7 Å². The van der Waals surface area contributed by atoms with Gasteiger partial charge in [0.05, 0.1) is 17.2 Å². The Morgan fingerprint density at radius 3 is 2.96 bits per heavy atom. The Morgan fingerprint density at radius 2 is 2.16 bits per heavy atom. The minimum Gasteiger partial charge on any atom is -0.337 e. The van der Waals surface area contributed by atoms with Crippen LogP contribution in [0, 0.1) is 6.20 Å². The van der Waals surface area contributed by atoms with Gasteiger partial charge in [-0.3, -0.25) is 25.5 Å². The zero-order chi connectivity index (χ0) is 17.2. The Hall–Kier alpha value is -3.95. The summed E-state index contributed by atoms with van der Waals surface area (Å²) in [5.41, 5.74) is 7.54. The second-order valence-corrected chi connectivity index (χ2v) is 5.02. The van der Waals surface area contributed by atoms with Crippen molar-refractivity contribution in [2.45, 2.75) is 0 Å². The van der Waals surface area contributed by atoms with E-state index in [2.05, 4.69) is 47.2 Å². The molecule has 3 heterocycles. The Kier molecular flexibility index (Phi) is 3.47. The van der Waals surface area contributed by atoms with Crippen LogP contribution in [0.4, 0.5) is 0 Å². The number of benzene rings is 1. The van der Waals surface area contributed by atoms with E-state index in [1.54, 1.807) is 12.3 Å². The fourth-order valence-corrected chi connectivity index (χ4v) is 2.41. The van der Waals surface area contributed by atoms with E-state index in [4.69, 9.17) is 0 Å². The molecule has 25 heavy (non-hydrogen) atoms. The SMILES string of the molecule is O=CNNC(=O)c1nc(-c2cccc3[nH]c(-c4cc[nH]n4)nc23)[c][nH]1. The predicted octanol–water partition coefficient (Wildman–Crippen LogP) is 0.534. The average molecular weight is 335 g/mol. The van der Waals surface area contributed by atoms with Crippen LogP contribution in [-0.4, -0.2) is 42.5 Å². The Morgan fingerprint density at radius 1 is 1.24 bits per heavy atom. The lowest BCUT2D eigenvalue weighted by Crippen LogP contribution is -2.36. The van der Waals surface area contributed by atoms with E-state index in [9.17, 15) is 9.59 Å². The summed E-state index contributed by atoms with van der Waals surface area (Å²) >= 11 is 0. The number of fused-ring (bicyclic) bond motifs is 1. The molecular weight excluding hydrogens is 324 g/mol. The van der Waals surface area contributed by atoms with Crippen LogP contribution in [0.1, 0.15) is 10.6 Å². The molecule has 2 amide bonds. The molecule has 0 fully saturated rings. The van der Waals surface area contributed by atoms with Gasteiger partial charge < -0.3 is 9.97 Å². The smallest absolute Gasteiger partial charge is 0.305 e. The zero-order valence-corrected chi connectivity index (χ0v) is 12.6. The number of hydrogen-bond acceptors (Lipinski definition) is 5. The average Bonchev–Trinajstić information content (AvgIpc) is 3.38. The van der Waals surface area contributed by atoms with Gasteiger partial charge in [0.1, 0.15) is 11.4 Å². The molecule has 1 aromatic carbocycles. The maximum absolute atomic E-state index is 11.8. The predicted molar refractivity (Wildman–Crippen MR) is 86.8 cm³/mol. The summed E-state index contributed by atoms with van der Waals surface area (Å²) in [5.74, 6) is 0.0535. The standard InChI is InChI=1S/C15H11N8O2/c24-7-18-23-15(25)14-16-6-11(20-14)8-2-1-3-9-12(8)21-13(19-9)10-4-5-17-22-10/h1-5,7H,(H,16,20)(H,17,22)(H,18,24)(H,19,21)(H,23,25). The van der Waals surface area contributed by atoms with Crippen molar-refractivity contribution < 1.29 is 9.59 Å². The van der Waals surface area contributed by atoms with E-state index in [-0.39, 0.29) is 5.82 Å². The van der Waals surface area contributed by atoms with Crippen molar-refractivity contribution in [1.82, 2.24) is 41.0 Å². The number of H-pyrrole nitrogens is 3.